The van der Waals surface area contributed by atoms with E-state index < -0.39 is 21.8 Å². The van der Waals surface area contributed by atoms with E-state index in [9.17, 15) is 13.2 Å². The molecule has 0 spiro atoms. The highest BCUT2D eigenvalue weighted by molar-refractivity contribution is 7.92. The van der Waals surface area contributed by atoms with Gasteiger partial charge in [0.15, 0.2) is 0 Å². The summed E-state index contributed by atoms with van der Waals surface area (Å²) in [5.74, 6) is -1.01. The van der Waals surface area contributed by atoms with Gasteiger partial charge in [0.1, 0.15) is 5.82 Å². The van der Waals surface area contributed by atoms with Gasteiger partial charge in [-0.1, -0.05) is 6.07 Å². The Balaban J connectivity index is 1.64. The molecule has 0 amide bonds. The standard InChI is InChI=1S/C24H20FN3O4S2/c1-32-24(29)16-6-7-17(15-4-5-15)23(12-16)34(30,31)27-20-13-18(22-8-9-26-33-22)19(25)14-21(20)28-10-2-3-11-28/h2-3,6-15,27H,4-5H2,1H3. The van der Waals surface area contributed by atoms with E-state index in [-0.39, 0.29) is 27.6 Å². The molecule has 7 nitrogen and oxygen atoms in total. The second kappa shape index (κ2) is 8.69. The zero-order chi connectivity index (χ0) is 23.9. The first-order valence-corrected chi connectivity index (χ1v) is 12.8. The molecular formula is C24H20FN3O4S2. The van der Waals surface area contributed by atoms with Crippen molar-refractivity contribution in [2.75, 3.05) is 11.8 Å². The van der Waals surface area contributed by atoms with Crippen LogP contribution < -0.4 is 4.72 Å². The second-order valence-corrected chi connectivity index (χ2v) is 10.4. The number of methoxy groups -OCH3 is 1. The van der Waals surface area contributed by atoms with Gasteiger partial charge in [-0.15, -0.1) is 0 Å². The number of carbonyl (C=O) groups is 1. The number of nitrogens with one attached hydrogen (secondary N) is 1. The molecule has 1 fully saturated rings. The largest absolute Gasteiger partial charge is 0.465 e. The smallest absolute Gasteiger partial charge is 0.337 e. The Hall–Kier alpha value is -3.50. The minimum absolute atomic E-state index is 0.0139. The van der Waals surface area contributed by atoms with Crippen LogP contribution in [0.25, 0.3) is 16.1 Å². The van der Waals surface area contributed by atoms with Crippen molar-refractivity contribution in [3.63, 3.8) is 0 Å². The van der Waals surface area contributed by atoms with Crippen molar-refractivity contribution in [2.24, 2.45) is 0 Å². The highest BCUT2D eigenvalue weighted by atomic mass is 32.2. The molecular weight excluding hydrogens is 477 g/mol. The molecule has 0 radical (unpaired) electrons. The van der Waals surface area contributed by atoms with Crippen molar-refractivity contribution in [1.29, 1.82) is 0 Å². The van der Waals surface area contributed by atoms with E-state index in [1.807, 2.05) is 0 Å². The lowest BCUT2D eigenvalue weighted by Gasteiger charge is -2.17. The van der Waals surface area contributed by atoms with Crippen molar-refractivity contribution < 1.29 is 22.3 Å². The number of benzene rings is 2. The quantitative estimate of drug-likeness (QED) is 0.354. The molecule has 174 valence electrons. The topological polar surface area (TPSA) is 90.3 Å². The zero-order valence-corrected chi connectivity index (χ0v) is 19.7. The highest BCUT2D eigenvalue weighted by Crippen LogP contribution is 2.44. The van der Waals surface area contributed by atoms with E-state index in [0.717, 1.165) is 24.4 Å². The van der Waals surface area contributed by atoms with Crippen LogP contribution in [0.3, 0.4) is 0 Å². The van der Waals surface area contributed by atoms with Crippen LogP contribution in [0.2, 0.25) is 0 Å². The Kier molecular flexibility index (Phi) is 5.70. The fourth-order valence-corrected chi connectivity index (χ4v) is 5.84. The Bertz CT molecular complexity index is 1460. The Morgan fingerprint density at radius 2 is 1.94 bits per heavy atom. The van der Waals surface area contributed by atoms with E-state index in [4.69, 9.17) is 4.74 Å². The predicted molar refractivity (Wildman–Crippen MR) is 127 cm³/mol. The molecule has 0 unspecified atom stereocenters. The van der Waals surface area contributed by atoms with Gasteiger partial charge in [-0.2, -0.15) is 0 Å². The molecule has 1 aliphatic carbocycles. The van der Waals surface area contributed by atoms with Crippen LogP contribution >= 0.6 is 11.5 Å². The van der Waals surface area contributed by atoms with Crippen LogP contribution in [-0.2, 0) is 14.8 Å². The van der Waals surface area contributed by atoms with Crippen molar-refractivity contribution in [2.45, 2.75) is 23.7 Å². The molecule has 2 heterocycles. The summed E-state index contributed by atoms with van der Waals surface area (Å²) in [5.41, 5.74) is 1.55. The van der Waals surface area contributed by atoms with Gasteiger partial charge in [-0.3, -0.25) is 4.72 Å². The molecule has 1 N–H and O–H groups in total. The van der Waals surface area contributed by atoms with Gasteiger partial charge in [0.25, 0.3) is 10.0 Å². The molecule has 0 saturated heterocycles. The first-order valence-electron chi connectivity index (χ1n) is 10.5. The summed E-state index contributed by atoms with van der Waals surface area (Å²) < 4.78 is 55.4. The Morgan fingerprint density at radius 1 is 1.18 bits per heavy atom. The zero-order valence-electron chi connectivity index (χ0n) is 18.1. The lowest BCUT2D eigenvalue weighted by Crippen LogP contribution is -2.17. The number of sulfonamides is 1. The van der Waals surface area contributed by atoms with Gasteiger partial charge < -0.3 is 9.30 Å². The third-order valence-electron chi connectivity index (χ3n) is 5.66. The highest BCUT2D eigenvalue weighted by Gasteiger charge is 2.32. The Labute approximate surface area is 200 Å². The summed E-state index contributed by atoms with van der Waals surface area (Å²) in [5, 5.41) is 0. The van der Waals surface area contributed by atoms with Gasteiger partial charge in [0.05, 0.1) is 33.8 Å². The maximum atomic E-state index is 15.0. The van der Waals surface area contributed by atoms with Gasteiger partial charge in [-0.05, 0) is 72.3 Å². The number of esters is 1. The molecule has 0 bridgehead atoms. The average molecular weight is 498 g/mol. The summed E-state index contributed by atoms with van der Waals surface area (Å²) in [6.07, 6.45) is 6.71. The number of nitrogens with zero attached hydrogens (tertiary/aromatic N) is 2. The maximum absolute atomic E-state index is 15.0. The number of halogens is 1. The molecule has 4 aromatic rings. The fourth-order valence-electron chi connectivity index (χ4n) is 3.84. The van der Waals surface area contributed by atoms with Crippen molar-refractivity contribution in [1.82, 2.24) is 8.94 Å². The minimum Gasteiger partial charge on any atom is -0.465 e. The van der Waals surface area contributed by atoms with E-state index in [1.165, 1.54) is 25.3 Å². The Morgan fingerprint density at radius 3 is 2.59 bits per heavy atom. The molecule has 0 atom stereocenters. The molecule has 34 heavy (non-hydrogen) atoms. The first kappa shape index (κ1) is 22.3. The molecule has 2 aromatic carbocycles. The number of anilines is 1. The molecule has 0 aliphatic heterocycles. The summed E-state index contributed by atoms with van der Waals surface area (Å²) >= 11 is 1.11. The van der Waals surface area contributed by atoms with Gasteiger partial charge in [0.2, 0.25) is 0 Å². The van der Waals surface area contributed by atoms with E-state index in [1.54, 1.807) is 53.5 Å². The number of ether oxygens (including phenoxy) is 1. The van der Waals surface area contributed by atoms with Crippen molar-refractivity contribution in [3.8, 4) is 16.1 Å². The maximum Gasteiger partial charge on any atom is 0.337 e. The van der Waals surface area contributed by atoms with E-state index in [0.29, 0.717) is 16.1 Å². The van der Waals surface area contributed by atoms with Crippen molar-refractivity contribution in [3.05, 3.63) is 84.1 Å². The number of carbonyl (C=O) groups excluding carboxylic acids is 1. The van der Waals surface area contributed by atoms with E-state index >= 15 is 4.39 Å². The van der Waals surface area contributed by atoms with Gasteiger partial charge >= 0.3 is 5.97 Å². The van der Waals surface area contributed by atoms with Crippen LogP contribution in [0.1, 0.15) is 34.7 Å². The van der Waals surface area contributed by atoms with Gasteiger partial charge in [0, 0.05) is 30.2 Å². The van der Waals surface area contributed by atoms with E-state index in [2.05, 4.69) is 9.10 Å². The molecule has 1 aliphatic rings. The summed E-state index contributed by atoms with van der Waals surface area (Å²) in [4.78, 5) is 12.7. The van der Waals surface area contributed by atoms with Crippen LogP contribution in [0.15, 0.2) is 72.0 Å². The fraction of sp³-hybridized carbons (Fsp3) is 0.167. The van der Waals surface area contributed by atoms with Crippen LogP contribution in [0.4, 0.5) is 10.1 Å². The normalized spacial score (nSPS) is 13.6. The van der Waals surface area contributed by atoms with Crippen LogP contribution in [0.5, 0.6) is 0 Å². The number of hydrogen-bond acceptors (Lipinski definition) is 6. The molecule has 2 aromatic heterocycles. The summed E-state index contributed by atoms with van der Waals surface area (Å²) in [7, 11) is -2.89. The number of hydrogen-bond donors (Lipinski definition) is 1. The molecule has 10 heteroatoms. The van der Waals surface area contributed by atoms with Crippen molar-refractivity contribution >= 4 is 33.2 Å². The van der Waals surface area contributed by atoms with Crippen LogP contribution in [0, 0.1) is 5.82 Å². The number of aromatic nitrogens is 2. The second-order valence-electron chi connectivity index (χ2n) is 7.94. The molecule has 5 rings (SSSR count). The first-order chi connectivity index (χ1) is 16.4. The molecule has 1 saturated carbocycles. The number of rotatable bonds is 7. The minimum atomic E-state index is -4.13. The third-order valence-corrected chi connectivity index (χ3v) is 7.86. The third kappa shape index (κ3) is 4.22. The monoisotopic (exact) mass is 497 g/mol. The lowest BCUT2D eigenvalue weighted by atomic mass is 10.1. The summed E-state index contributed by atoms with van der Waals surface area (Å²) in [6, 6.07) is 12.5. The predicted octanol–water partition coefficient (Wildman–Crippen LogP) is 5.20. The van der Waals surface area contributed by atoms with Gasteiger partial charge in [-0.25, -0.2) is 22.0 Å². The van der Waals surface area contributed by atoms with Crippen LogP contribution in [-0.4, -0.2) is 30.4 Å². The lowest BCUT2D eigenvalue weighted by molar-refractivity contribution is 0.0600. The average Bonchev–Trinajstić information content (AvgIpc) is 3.28. The SMILES string of the molecule is COC(=O)c1ccc(C2CC2)c(S(=O)(=O)Nc2cc(-c3ccns3)c(F)cc2-n2cccc2)c1. The summed E-state index contributed by atoms with van der Waals surface area (Å²) in [6.45, 7) is 0.